The number of nitrogen functional groups attached to an aromatic ring is 1. The predicted molar refractivity (Wildman–Crippen MR) is 95.6 cm³/mol. The van der Waals surface area contributed by atoms with Gasteiger partial charge in [0, 0.05) is 5.56 Å². The zero-order chi connectivity index (χ0) is 18.1. The third-order valence-electron chi connectivity index (χ3n) is 3.43. The number of phenols is 1. The van der Waals surface area contributed by atoms with Gasteiger partial charge < -0.3 is 15.7 Å². The summed E-state index contributed by atoms with van der Waals surface area (Å²) in [6.45, 7) is -0.0200. The molecule has 3 N–H and O–H groups in total. The quantitative estimate of drug-likeness (QED) is 0.551. The largest absolute Gasteiger partial charge is 0.506 e. The van der Waals surface area contributed by atoms with Gasteiger partial charge in [-0.15, -0.1) is 0 Å². The minimum absolute atomic E-state index is 0.0200. The minimum atomic E-state index is -0.948. The zero-order valence-electron chi connectivity index (χ0n) is 12.5. The fourth-order valence-corrected chi connectivity index (χ4v) is 3.34. The van der Waals surface area contributed by atoms with E-state index in [1.165, 1.54) is 16.9 Å². The Balaban J connectivity index is 1.82. The minimum Gasteiger partial charge on any atom is -0.506 e. The molecule has 2 aromatic carbocycles. The summed E-state index contributed by atoms with van der Waals surface area (Å²) >= 11 is 6.50. The summed E-state index contributed by atoms with van der Waals surface area (Å²) in [5.74, 6) is 4.20. The van der Waals surface area contributed by atoms with Crippen LogP contribution in [0.3, 0.4) is 0 Å². The lowest BCUT2D eigenvalue weighted by molar-refractivity contribution is 0.274. The highest BCUT2D eigenvalue weighted by molar-refractivity contribution is 9.11. The molecule has 0 spiro atoms. The maximum atomic E-state index is 13.2. The van der Waals surface area contributed by atoms with Crippen molar-refractivity contribution in [1.82, 2.24) is 9.66 Å². The first kappa shape index (κ1) is 17.7. The maximum absolute atomic E-state index is 13.2. The van der Waals surface area contributed by atoms with Gasteiger partial charge in [-0.2, -0.15) is 0 Å². The average molecular weight is 475 g/mol. The SMILES string of the molecule is Nn1c(-c2cc(Br)c(O)c(Br)c2)cnc1OCc1ccc(F)c(F)c1. The topological polar surface area (TPSA) is 73.3 Å². The summed E-state index contributed by atoms with van der Waals surface area (Å²) in [4.78, 5) is 4.08. The number of aromatic hydroxyl groups is 1. The molecule has 0 aliphatic carbocycles. The first-order chi connectivity index (χ1) is 11.9. The van der Waals surface area contributed by atoms with Gasteiger partial charge >= 0.3 is 6.01 Å². The van der Waals surface area contributed by atoms with Crippen LogP contribution in [0.25, 0.3) is 11.3 Å². The average Bonchev–Trinajstić information content (AvgIpc) is 2.94. The lowest BCUT2D eigenvalue weighted by atomic mass is 10.1. The Bertz CT molecular complexity index is 924. The van der Waals surface area contributed by atoms with Crippen molar-refractivity contribution in [1.29, 1.82) is 0 Å². The van der Waals surface area contributed by atoms with E-state index in [1.807, 2.05) is 0 Å². The van der Waals surface area contributed by atoms with Crippen LogP contribution in [0.2, 0.25) is 0 Å². The fraction of sp³-hybridized carbons (Fsp3) is 0.0625. The highest BCUT2D eigenvalue weighted by Gasteiger charge is 2.14. The van der Waals surface area contributed by atoms with Gasteiger partial charge in [-0.05, 0) is 61.7 Å². The van der Waals surface area contributed by atoms with Crippen LogP contribution in [0.4, 0.5) is 8.78 Å². The Kier molecular flexibility index (Phi) is 4.96. The van der Waals surface area contributed by atoms with Crippen LogP contribution in [0.15, 0.2) is 45.5 Å². The molecule has 0 fully saturated rings. The Hall–Kier alpha value is -2.13. The molecule has 1 aromatic heterocycles. The number of ether oxygens (including phenoxy) is 1. The molecule has 1 heterocycles. The van der Waals surface area contributed by atoms with E-state index in [-0.39, 0.29) is 18.4 Å². The molecule has 9 heteroatoms. The Morgan fingerprint density at radius 2 is 1.80 bits per heavy atom. The van der Waals surface area contributed by atoms with Gasteiger partial charge in [0.05, 0.1) is 20.8 Å². The van der Waals surface area contributed by atoms with Crippen molar-refractivity contribution in [2.45, 2.75) is 6.61 Å². The molecule has 3 rings (SSSR count). The van der Waals surface area contributed by atoms with Gasteiger partial charge in [-0.25, -0.2) is 18.4 Å². The number of nitrogens with two attached hydrogens (primary N) is 1. The van der Waals surface area contributed by atoms with Crippen molar-refractivity contribution < 1.29 is 18.6 Å². The van der Waals surface area contributed by atoms with Crippen LogP contribution in [-0.2, 0) is 6.61 Å². The fourth-order valence-electron chi connectivity index (χ4n) is 2.15. The first-order valence-corrected chi connectivity index (χ1v) is 8.53. The zero-order valence-corrected chi connectivity index (χ0v) is 15.7. The first-order valence-electron chi connectivity index (χ1n) is 6.94. The maximum Gasteiger partial charge on any atom is 0.316 e. The molecule has 25 heavy (non-hydrogen) atoms. The van der Waals surface area contributed by atoms with Gasteiger partial charge in [0.2, 0.25) is 0 Å². The third-order valence-corrected chi connectivity index (χ3v) is 4.64. The summed E-state index contributed by atoms with van der Waals surface area (Å²) in [7, 11) is 0. The smallest absolute Gasteiger partial charge is 0.316 e. The van der Waals surface area contributed by atoms with Crippen LogP contribution in [0.5, 0.6) is 11.8 Å². The van der Waals surface area contributed by atoms with Crippen LogP contribution < -0.4 is 10.6 Å². The number of halogens is 4. The van der Waals surface area contributed by atoms with E-state index in [2.05, 4.69) is 36.8 Å². The summed E-state index contributed by atoms with van der Waals surface area (Å²) in [6.07, 6.45) is 1.51. The normalized spacial score (nSPS) is 10.9. The monoisotopic (exact) mass is 473 g/mol. The van der Waals surface area contributed by atoms with Crippen LogP contribution in [-0.4, -0.2) is 14.8 Å². The highest BCUT2D eigenvalue weighted by Crippen LogP contribution is 2.37. The molecule has 5 nitrogen and oxygen atoms in total. The van der Waals surface area contributed by atoms with Crippen LogP contribution in [0, 0.1) is 11.6 Å². The van der Waals surface area contributed by atoms with E-state index in [1.54, 1.807) is 12.1 Å². The third kappa shape index (κ3) is 3.62. The molecule has 0 amide bonds. The number of benzene rings is 2. The van der Waals surface area contributed by atoms with Crippen molar-refractivity contribution in [3.05, 3.63) is 62.7 Å². The molecule has 0 saturated heterocycles. The Morgan fingerprint density at radius 1 is 1.12 bits per heavy atom. The van der Waals surface area contributed by atoms with Crippen molar-refractivity contribution in [3.63, 3.8) is 0 Å². The molecule has 0 unspecified atom stereocenters. The summed E-state index contributed by atoms with van der Waals surface area (Å²) < 4.78 is 33.8. The van der Waals surface area contributed by atoms with Crippen LogP contribution >= 0.6 is 31.9 Å². The highest BCUT2D eigenvalue weighted by atomic mass is 79.9. The molecule has 0 bridgehead atoms. The lowest BCUT2D eigenvalue weighted by Gasteiger charge is -2.09. The second-order valence-corrected chi connectivity index (χ2v) is 6.83. The number of rotatable bonds is 4. The Labute approximate surface area is 158 Å². The molecule has 0 aliphatic heterocycles. The number of hydrogen-bond acceptors (Lipinski definition) is 4. The number of nitrogens with zero attached hydrogens (tertiary/aromatic N) is 2. The van der Waals surface area contributed by atoms with E-state index >= 15 is 0 Å². The summed E-state index contributed by atoms with van der Waals surface area (Å²) in [5, 5.41) is 9.77. The van der Waals surface area contributed by atoms with Crippen molar-refractivity contribution in [2.24, 2.45) is 0 Å². The molecular weight excluding hydrogens is 464 g/mol. The number of phenolic OH excluding ortho intramolecular Hbond substituents is 1. The van der Waals surface area contributed by atoms with E-state index < -0.39 is 11.6 Å². The van der Waals surface area contributed by atoms with Gasteiger partial charge in [0.15, 0.2) is 11.6 Å². The molecule has 0 radical (unpaired) electrons. The van der Waals surface area contributed by atoms with E-state index in [9.17, 15) is 13.9 Å². The van der Waals surface area contributed by atoms with E-state index in [0.29, 0.717) is 25.8 Å². The molecule has 0 saturated carbocycles. The van der Waals surface area contributed by atoms with Crippen LogP contribution in [0.1, 0.15) is 5.56 Å². The van der Waals surface area contributed by atoms with Gasteiger partial charge in [-0.3, -0.25) is 0 Å². The molecule has 130 valence electrons. The molecule has 0 atom stereocenters. The predicted octanol–water partition coefficient (Wildman–Crippen LogP) is 4.35. The van der Waals surface area contributed by atoms with Gasteiger partial charge in [-0.1, -0.05) is 6.07 Å². The summed E-state index contributed by atoms with van der Waals surface area (Å²) in [5.41, 5.74) is 1.68. The molecular formula is C16H11Br2F2N3O2. The number of hydrogen-bond donors (Lipinski definition) is 2. The second-order valence-electron chi connectivity index (χ2n) is 5.12. The van der Waals surface area contributed by atoms with Gasteiger partial charge in [0.1, 0.15) is 12.4 Å². The van der Waals surface area contributed by atoms with E-state index in [0.717, 1.165) is 12.1 Å². The van der Waals surface area contributed by atoms with Crippen molar-refractivity contribution in [2.75, 3.05) is 5.84 Å². The number of aromatic nitrogens is 2. The van der Waals surface area contributed by atoms with Crippen molar-refractivity contribution in [3.8, 4) is 23.0 Å². The van der Waals surface area contributed by atoms with Gasteiger partial charge in [0.25, 0.3) is 0 Å². The lowest BCUT2D eigenvalue weighted by Crippen LogP contribution is -2.13. The standard InChI is InChI=1S/C16H11Br2F2N3O2/c17-10-4-9(5-11(18)15(10)24)14-6-22-16(23(14)21)25-7-8-1-2-12(19)13(20)3-8/h1-6,24H,7,21H2. The number of imidazole rings is 1. The molecule has 0 aliphatic rings. The second kappa shape index (κ2) is 7.01. The van der Waals surface area contributed by atoms with E-state index in [4.69, 9.17) is 10.6 Å². The van der Waals surface area contributed by atoms with Crippen molar-refractivity contribution >= 4 is 31.9 Å². The molecule has 3 aromatic rings. The summed E-state index contributed by atoms with van der Waals surface area (Å²) in [6, 6.07) is 6.96. The Morgan fingerprint density at radius 3 is 2.44 bits per heavy atom.